The molecule has 0 aliphatic heterocycles. The van der Waals surface area contributed by atoms with Gasteiger partial charge in [-0.05, 0) is 53.5 Å². The number of aliphatic hydroxyl groups excluding tert-OH is 1. The molecule has 5 heteroatoms. The largest absolute Gasteiger partial charge is 0.389 e. The van der Waals surface area contributed by atoms with Crippen LogP contribution in [0, 0.1) is 11.3 Å². The van der Waals surface area contributed by atoms with Gasteiger partial charge in [0, 0.05) is 5.41 Å². The first-order chi connectivity index (χ1) is 19.5. The van der Waals surface area contributed by atoms with Crippen LogP contribution in [0.2, 0.25) is 39.3 Å². The first kappa shape index (κ1) is 32.2. The maximum Gasteiger partial charge on any atom is 0.0761 e. The van der Waals surface area contributed by atoms with E-state index >= 15 is 0 Å². The highest BCUT2D eigenvalue weighted by molar-refractivity contribution is 6.83. The minimum atomic E-state index is -1.82. The second-order valence-corrected chi connectivity index (χ2v) is 24.9. The summed E-state index contributed by atoms with van der Waals surface area (Å²) in [6, 6.07) is 21.0. The molecule has 1 unspecified atom stereocenters. The number of ether oxygens (including phenoxy) is 2. The predicted octanol–water partition coefficient (Wildman–Crippen LogP) is 9.12. The van der Waals surface area contributed by atoms with E-state index in [4.69, 9.17) is 9.47 Å². The van der Waals surface area contributed by atoms with Crippen molar-refractivity contribution in [3.05, 3.63) is 93.8 Å². The topological polar surface area (TPSA) is 38.7 Å². The summed E-state index contributed by atoms with van der Waals surface area (Å²) in [5.74, 6) is 0.393. The van der Waals surface area contributed by atoms with Gasteiger partial charge in [0.1, 0.15) is 0 Å². The normalized spacial score (nSPS) is 21.3. The van der Waals surface area contributed by atoms with Gasteiger partial charge in [0.2, 0.25) is 0 Å². The van der Waals surface area contributed by atoms with E-state index in [0.717, 1.165) is 25.7 Å². The van der Waals surface area contributed by atoms with Crippen molar-refractivity contribution in [2.45, 2.75) is 104 Å². The van der Waals surface area contributed by atoms with Gasteiger partial charge in [-0.2, -0.15) is 0 Å². The second-order valence-electron chi connectivity index (χ2n) is 14.8. The maximum atomic E-state index is 12.1. The number of hydrogen-bond donors (Lipinski definition) is 1. The summed E-state index contributed by atoms with van der Waals surface area (Å²) in [5, 5.41) is 13.5. The molecule has 1 N–H and O–H groups in total. The number of benzene rings is 2. The Morgan fingerprint density at radius 3 is 1.78 bits per heavy atom. The Bertz CT molecular complexity index is 1110. The number of rotatable bonds is 12. The fourth-order valence-corrected chi connectivity index (χ4v) is 10.5. The zero-order valence-electron chi connectivity index (χ0n) is 26.5. The average molecular weight is 591 g/mol. The Hall–Kier alpha value is -1.77. The van der Waals surface area contributed by atoms with Crippen LogP contribution >= 0.6 is 0 Å². The highest BCUT2D eigenvalue weighted by Crippen LogP contribution is 2.50. The van der Waals surface area contributed by atoms with E-state index in [2.05, 4.69) is 106 Å². The summed E-state index contributed by atoms with van der Waals surface area (Å²) in [6.45, 7) is 17.1. The molecule has 0 heterocycles. The molecule has 2 fully saturated rings. The zero-order valence-corrected chi connectivity index (χ0v) is 28.5. The lowest BCUT2D eigenvalue weighted by Gasteiger charge is -2.36. The zero-order chi connectivity index (χ0) is 29.5. The summed E-state index contributed by atoms with van der Waals surface area (Å²) in [4.78, 5) is 0. The molecule has 1 atom stereocenters. The van der Waals surface area contributed by atoms with Crippen molar-refractivity contribution in [3.63, 3.8) is 0 Å². The van der Waals surface area contributed by atoms with Crippen molar-refractivity contribution in [1.82, 2.24) is 0 Å². The molecular formula is C36H54O3Si2. The molecule has 3 nitrogen and oxygen atoms in total. The van der Waals surface area contributed by atoms with Crippen LogP contribution < -0.4 is 0 Å². The summed E-state index contributed by atoms with van der Waals surface area (Å²) >= 11 is 0. The van der Waals surface area contributed by atoms with Crippen LogP contribution in [0.1, 0.15) is 56.1 Å². The van der Waals surface area contributed by atoms with E-state index in [-0.39, 0.29) is 11.5 Å². The average Bonchev–Trinajstić information content (AvgIpc) is 3.25. The van der Waals surface area contributed by atoms with Gasteiger partial charge in [-0.3, -0.25) is 0 Å². The van der Waals surface area contributed by atoms with Crippen molar-refractivity contribution in [1.29, 1.82) is 0 Å². The highest BCUT2D eigenvalue weighted by Gasteiger charge is 2.45. The number of allylic oxidation sites excluding steroid dienone is 2. The third-order valence-electron chi connectivity index (χ3n) is 8.68. The molecule has 0 aromatic heterocycles. The van der Waals surface area contributed by atoms with Gasteiger partial charge >= 0.3 is 0 Å². The van der Waals surface area contributed by atoms with Crippen LogP contribution in [0.4, 0.5) is 0 Å². The SMILES string of the molecule is C[Si](C)(C)/C=C1\CC(COCc2ccccc2)(COCc2ccccc2)C\C1=C(\C(O)C1CCCCC1)[Si](C)(C)C. The molecule has 41 heavy (non-hydrogen) atoms. The third-order valence-corrected chi connectivity index (χ3v) is 12.1. The Kier molecular flexibility index (Phi) is 11.1. The van der Waals surface area contributed by atoms with Crippen LogP contribution in [0.5, 0.6) is 0 Å². The van der Waals surface area contributed by atoms with E-state index in [1.54, 1.807) is 0 Å². The molecule has 0 saturated heterocycles. The number of hydrogen-bond acceptors (Lipinski definition) is 3. The standard InChI is InChI=1S/C36H54O3Si2/c1-40(2,3)26-32-22-36(27-38-24-29-16-10-7-11-17-29,28-39-25-30-18-12-8-13-19-30)23-33(32)35(41(4,5)6)34(37)31-20-14-9-15-21-31/h7-8,10-13,16-19,26,31,34,37H,9,14-15,20-25,27-28H2,1-6H3/b32-26+,35-33+. The van der Waals surface area contributed by atoms with Crippen LogP contribution in [0.15, 0.2) is 82.7 Å². The lowest BCUT2D eigenvalue weighted by atomic mass is 9.83. The first-order valence-electron chi connectivity index (χ1n) is 15.8. The summed E-state index contributed by atoms with van der Waals surface area (Å²) < 4.78 is 13.0. The molecule has 4 rings (SSSR count). The van der Waals surface area contributed by atoms with Crippen molar-refractivity contribution < 1.29 is 14.6 Å². The number of aliphatic hydroxyl groups is 1. The molecule has 0 amide bonds. The molecular weight excluding hydrogens is 537 g/mol. The van der Waals surface area contributed by atoms with Gasteiger partial charge in [-0.25, -0.2) is 0 Å². The van der Waals surface area contributed by atoms with Gasteiger partial charge in [0.15, 0.2) is 0 Å². The summed E-state index contributed by atoms with van der Waals surface area (Å²) in [5.41, 5.74) is 7.82. The Morgan fingerprint density at radius 2 is 1.32 bits per heavy atom. The smallest absolute Gasteiger partial charge is 0.0761 e. The quantitative estimate of drug-likeness (QED) is 0.251. The molecule has 2 aromatic rings. The van der Waals surface area contributed by atoms with E-state index in [9.17, 15) is 5.11 Å². The van der Waals surface area contributed by atoms with Crippen molar-refractivity contribution in [2.24, 2.45) is 11.3 Å². The minimum absolute atomic E-state index is 0.137. The van der Waals surface area contributed by atoms with E-state index in [1.807, 2.05) is 0 Å². The molecule has 224 valence electrons. The molecule has 0 bridgehead atoms. The fraction of sp³-hybridized carbons (Fsp3) is 0.556. The van der Waals surface area contributed by atoms with Gasteiger partial charge in [0.25, 0.3) is 0 Å². The molecule has 2 saturated carbocycles. The van der Waals surface area contributed by atoms with Gasteiger partial charge < -0.3 is 14.6 Å². The summed E-state index contributed by atoms with van der Waals surface area (Å²) in [7, 11) is -3.34. The lowest BCUT2D eigenvalue weighted by molar-refractivity contribution is -0.0264. The van der Waals surface area contributed by atoms with Crippen LogP contribution in [0.3, 0.4) is 0 Å². The second kappa shape index (κ2) is 14.1. The lowest BCUT2D eigenvalue weighted by Crippen LogP contribution is -2.39. The van der Waals surface area contributed by atoms with Crippen molar-refractivity contribution >= 4 is 16.1 Å². The molecule has 0 radical (unpaired) electrons. The Labute approximate surface area is 252 Å². The maximum absolute atomic E-state index is 12.1. The van der Waals surface area contributed by atoms with Gasteiger partial charge in [-0.15, -0.1) is 0 Å². The third kappa shape index (κ3) is 9.36. The summed E-state index contributed by atoms with van der Waals surface area (Å²) in [6.07, 6.45) is 7.67. The fourth-order valence-electron chi connectivity index (χ4n) is 6.92. The minimum Gasteiger partial charge on any atom is -0.389 e. The Balaban J connectivity index is 1.69. The highest BCUT2D eigenvalue weighted by atomic mass is 28.3. The van der Waals surface area contributed by atoms with E-state index in [1.165, 1.54) is 46.7 Å². The van der Waals surface area contributed by atoms with Crippen molar-refractivity contribution in [2.75, 3.05) is 13.2 Å². The first-order valence-corrected chi connectivity index (χ1v) is 22.9. The van der Waals surface area contributed by atoms with E-state index in [0.29, 0.717) is 32.3 Å². The predicted molar refractivity (Wildman–Crippen MR) is 178 cm³/mol. The van der Waals surface area contributed by atoms with Crippen molar-refractivity contribution in [3.8, 4) is 0 Å². The molecule has 2 aliphatic carbocycles. The van der Waals surface area contributed by atoms with Crippen LogP contribution in [-0.4, -0.2) is 40.6 Å². The van der Waals surface area contributed by atoms with Gasteiger partial charge in [-0.1, -0.05) is 130 Å². The van der Waals surface area contributed by atoms with Crippen LogP contribution in [0.25, 0.3) is 0 Å². The molecule has 0 spiro atoms. The molecule has 2 aromatic carbocycles. The Morgan fingerprint density at radius 1 is 0.805 bits per heavy atom. The monoisotopic (exact) mass is 590 g/mol. The van der Waals surface area contributed by atoms with Crippen LogP contribution in [-0.2, 0) is 22.7 Å². The van der Waals surface area contributed by atoms with Gasteiger partial charge in [0.05, 0.1) is 48.7 Å². The molecule has 2 aliphatic rings. The van der Waals surface area contributed by atoms with E-state index < -0.39 is 16.1 Å².